The molecule has 0 atom stereocenters. The first-order valence-corrected chi connectivity index (χ1v) is 3.07. The molecule has 3 heteroatoms. The van der Waals surface area contributed by atoms with E-state index in [0.29, 0.717) is 0 Å². The summed E-state index contributed by atoms with van der Waals surface area (Å²) in [5, 5.41) is 2.66. The molecule has 0 bridgehead atoms. The van der Waals surface area contributed by atoms with Crippen molar-refractivity contribution in [3.05, 3.63) is 42.5 Å². The zero-order valence-corrected chi connectivity index (χ0v) is 9.37. The van der Waals surface area contributed by atoms with Gasteiger partial charge in [0.05, 0.1) is 0 Å². The Labute approximate surface area is 99.4 Å². The molecule has 0 spiro atoms. The van der Waals surface area contributed by atoms with Crippen LogP contribution in [0.15, 0.2) is 42.5 Å². The molecule has 61 valence electrons. The van der Waals surface area contributed by atoms with Crippen LogP contribution in [0.25, 0.3) is 10.8 Å². The van der Waals surface area contributed by atoms with Gasteiger partial charge >= 0.3 is 21.7 Å². The molecule has 0 saturated heterocycles. The summed E-state index contributed by atoms with van der Waals surface area (Å²) in [7, 11) is 0. The second-order valence-corrected chi connectivity index (χ2v) is 2.15. The third kappa shape index (κ3) is 2.87. The second kappa shape index (κ2) is 6.62. The van der Waals surface area contributed by atoms with Crippen molar-refractivity contribution in [3.8, 4) is 0 Å². The summed E-state index contributed by atoms with van der Waals surface area (Å²) in [4.78, 5) is 0. The Morgan fingerprint density at radius 1 is 0.917 bits per heavy atom. The van der Waals surface area contributed by atoms with Crippen LogP contribution < -0.4 is 24.8 Å². The number of fused-ring (bicyclic) bond motifs is 1. The van der Waals surface area contributed by atoms with Gasteiger partial charge in [0.25, 0.3) is 0 Å². The van der Waals surface area contributed by atoms with E-state index in [1.54, 1.807) is 0 Å². The van der Waals surface area contributed by atoms with Crippen molar-refractivity contribution in [3.63, 3.8) is 0 Å². The van der Waals surface area contributed by atoms with Gasteiger partial charge in [-0.1, -0.05) is 6.07 Å². The minimum atomic E-state index is 0. The Kier molecular flexibility index (Phi) is 8.07. The van der Waals surface area contributed by atoms with Crippen molar-refractivity contribution in [2.24, 2.45) is 0 Å². The van der Waals surface area contributed by atoms with Crippen LogP contribution in [0.3, 0.4) is 0 Å². The van der Waals surface area contributed by atoms with Crippen molar-refractivity contribution in [1.82, 2.24) is 0 Å². The molecule has 2 aromatic carbocycles. The van der Waals surface area contributed by atoms with E-state index in [4.69, 9.17) is 0 Å². The van der Waals surface area contributed by atoms with Gasteiger partial charge in [-0.3, -0.25) is 0 Å². The topological polar surface area (TPSA) is 0 Å². The SMILES string of the molecule is [Cl-].[Cl-].[Ti+3].c1ccc2[cH-]ccc2c1. The molecule has 2 aromatic rings. The predicted octanol–water partition coefficient (Wildman–Crippen LogP) is -3.44. The molecule has 0 amide bonds. The first-order valence-electron chi connectivity index (χ1n) is 3.07. The van der Waals surface area contributed by atoms with Crippen LogP contribution in [0.4, 0.5) is 0 Å². The van der Waals surface area contributed by atoms with Crippen molar-refractivity contribution in [2.45, 2.75) is 0 Å². The van der Waals surface area contributed by atoms with Crippen molar-refractivity contribution < 1.29 is 46.5 Å². The average Bonchev–Trinajstić information content (AvgIpc) is 2.33. The average molecular weight is 234 g/mol. The zero-order valence-electron chi connectivity index (χ0n) is 6.30. The zero-order chi connectivity index (χ0) is 6.10. The monoisotopic (exact) mass is 233 g/mol. The maximum absolute atomic E-state index is 2.12. The van der Waals surface area contributed by atoms with Crippen LogP contribution in [0.5, 0.6) is 0 Å². The van der Waals surface area contributed by atoms with Crippen LogP contribution in [-0.2, 0) is 21.7 Å². The van der Waals surface area contributed by atoms with Gasteiger partial charge in [-0.2, -0.15) is 17.5 Å². The summed E-state index contributed by atoms with van der Waals surface area (Å²) in [5.74, 6) is 0. The summed E-state index contributed by atoms with van der Waals surface area (Å²) >= 11 is 0. The Morgan fingerprint density at radius 3 is 2.25 bits per heavy atom. The molecule has 2 rings (SSSR count). The Hall–Kier alpha value is 0.124. The molecule has 0 aliphatic carbocycles. The molecular formula is C9H7Cl2Ti. The smallest absolute Gasteiger partial charge is 1.00 e. The van der Waals surface area contributed by atoms with E-state index in [1.165, 1.54) is 10.8 Å². The number of hydrogen-bond donors (Lipinski definition) is 0. The van der Waals surface area contributed by atoms with E-state index in [0.717, 1.165) is 0 Å². The summed E-state index contributed by atoms with van der Waals surface area (Å²) in [6.07, 6.45) is 0. The van der Waals surface area contributed by atoms with E-state index in [2.05, 4.69) is 42.5 Å². The van der Waals surface area contributed by atoms with Gasteiger partial charge in [0.15, 0.2) is 0 Å². The molecule has 0 fully saturated rings. The molecule has 0 nitrogen and oxygen atoms in total. The minimum absolute atomic E-state index is 0. The Morgan fingerprint density at radius 2 is 1.58 bits per heavy atom. The molecule has 0 heterocycles. The number of rotatable bonds is 0. The normalized spacial score (nSPS) is 7.67. The van der Waals surface area contributed by atoms with Gasteiger partial charge < -0.3 is 24.8 Å². The quantitative estimate of drug-likeness (QED) is 0.328. The molecule has 0 aliphatic heterocycles. The molecule has 0 aromatic heterocycles. The maximum Gasteiger partial charge on any atom is 3.00 e. The first-order chi connectivity index (χ1) is 4.47. The molecular weight excluding hydrogens is 227 g/mol. The first kappa shape index (κ1) is 14.6. The summed E-state index contributed by atoms with van der Waals surface area (Å²) in [5.41, 5.74) is 0. The van der Waals surface area contributed by atoms with Crippen LogP contribution in [0.1, 0.15) is 0 Å². The fourth-order valence-electron chi connectivity index (χ4n) is 1.07. The molecule has 1 radical (unpaired) electrons. The second-order valence-electron chi connectivity index (χ2n) is 2.15. The predicted molar refractivity (Wildman–Crippen MR) is 39.5 cm³/mol. The molecule has 0 unspecified atom stereocenters. The van der Waals surface area contributed by atoms with Gasteiger partial charge in [0.2, 0.25) is 0 Å². The van der Waals surface area contributed by atoms with Gasteiger partial charge in [-0.05, 0) is 0 Å². The van der Waals surface area contributed by atoms with Gasteiger partial charge in [0, 0.05) is 0 Å². The van der Waals surface area contributed by atoms with Crippen LogP contribution in [0.2, 0.25) is 0 Å². The van der Waals surface area contributed by atoms with E-state index < -0.39 is 0 Å². The maximum atomic E-state index is 2.12. The van der Waals surface area contributed by atoms with Gasteiger partial charge in [0.1, 0.15) is 0 Å². The van der Waals surface area contributed by atoms with E-state index in [1.807, 2.05) is 0 Å². The number of benzene rings is 1. The Bertz CT molecular complexity index is 287. The van der Waals surface area contributed by atoms with Crippen molar-refractivity contribution >= 4 is 10.8 Å². The Balaban J connectivity index is 0. The van der Waals surface area contributed by atoms with Crippen LogP contribution >= 0.6 is 0 Å². The van der Waals surface area contributed by atoms with Crippen molar-refractivity contribution in [1.29, 1.82) is 0 Å². The molecule has 0 saturated carbocycles. The fourth-order valence-corrected chi connectivity index (χ4v) is 1.07. The van der Waals surface area contributed by atoms with E-state index >= 15 is 0 Å². The number of halogens is 2. The van der Waals surface area contributed by atoms with Crippen molar-refractivity contribution in [2.75, 3.05) is 0 Å². The van der Waals surface area contributed by atoms with Crippen LogP contribution in [0, 0.1) is 0 Å². The molecule has 12 heavy (non-hydrogen) atoms. The fraction of sp³-hybridized carbons (Fsp3) is 0. The molecule has 0 aliphatic rings. The third-order valence-corrected chi connectivity index (χ3v) is 1.55. The standard InChI is InChI=1S/C9H7.2ClH.Ti/c1-2-5-9-7-3-6-8(9)4-1;;;/h1-7H;2*1H;/q-1;;;+3/p-2. The summed E-state index contributed by atoms with van der Waals surface area (Å²) in [6.45, 7) is 0. The summed E-state index contributed by atoms with van der Waals surface area (Å²) in [6, 6.07) is 14.7. The van der Waals surface area contributed by atoms with Crippen LogP contribution in [-0.4, -0.2) is 0 Å². The third-order valence-electron chi connectivity index (χ3n) is 1.55. The van der Waals surface area contributed by atoms with Gasteiger partial charge in [-0.25, -0.2) is 0 Å². The number of hydrogen-bond acceptors (Lipinski definition) is 0. The minimum Gasteiger partial charge on any atom is -1.00 e. The van der Waals surface area contributed by atoms with E-state index in [-0.39, 0.29) is 46.5 Å². The summed E-state index contributed by atoms with van der Waals surface area (Å²) < 4.78 is 0. The molecule has 0 N–H and O–H groups in total. The van der Waals surface area contributed by atoms with Gasteiger partial charge in [-0.15, -0.1) is 29.7 Å². The van der Waals surface area contributed by atoms with E-state index in [9.17, 15) is 0 Å². The largest absolute Gasteiger partial charge is 3.00 e.